The Bertz CT molecular complexity index is 246. The van der Waals surface area contributed by atoms with Crippen LogP contribution in [0.15, 0.2) is 0 Å². The van der Waals surface area contributed by atoms with Crippen LogP contribution in [0.5, 0.6) is 0 Å². The van der Waals surface area contributed by atoms with Gasteiger partial charge in [-0.1, -0.05) is 19.8 Å². The largest absolute Gasteiger partial charge is 0.490 e. The second-order valence-corrected chi connectivity index (χ2v) is 3.62. The molecule has 0 aromatic rings. The van der Waals surface area contributed by atoms with Gasteiger partial charge in [-0.3, -0.25) is 4.90 Å². The van der Waals surface area contributed by atoms with Gasteiger partial charge in [-0.15, -0.1) is 6.42 Å². The van der Waals surface area contributed by atoms with Gasteiger partial charge in [0.05, 0.1) is 6.04 Å². The van der Waals surface area contributed by atoms with Gasteiger partial charge in [-0.25, -0.2) is 4.79 Å². The van der Waals surface area contributed by atoms with Crippen LogP contribution >= 0.6 is 0 Å². The van der Waals surface area contributed by atoms with Crippen LogP contribution < -0.4 is 0 Å². The first-order valence-corrected chi connectivity index (χ1v) is 4.46. The maximum Gasteiger partial charge on any atom is 0.490 e. The van der Waals surface area contributed by atoms with E-state index in [1.807, 2.05) is 14.1 Å². The summed E-state index contributed by atoms with van der Waals surface area (Å²) < 4.78 is 31.7. The van der Waals surface area contributed by atoms with E-state index in [0.717, 1.165) is 0 Å². The third kappa shape index (κ3) is 8.12. The molecule has 94 valence electrons. The molecule has 0 aliphatic rings. The van der Waals surface area contributed by atoms with Crippen LogP contribution in [-0.2, 0) is 4.79 Å². The summed E-state index contributed by atoms with van der Waals surface area (Å²) in [5.74, 6) is 0.516. The molecule has 0 aliphatic heterocycles. The van der Waals surface area contributed by atoms with Crippen LogP contribution in [0.25, 0.3) is 0 Å². The third-order valence-electron chi connectivity index (χ3n) is 1.60. The fraction of sp³-hybridized carbons (Fsp3) is 0.700. The molecule has 6 heteroatoms. The highest BCUT2D eigenvalue weighted by Gasteiger charge is 2.38. The molecule has 0 aliphatic carbocycles. The van der Waals surface area contributed by atoms with E-state index in [4.69, 9.17) is 16.3 Å². The van der Waals surface area contributed by atoms with Crippen LogP contribution in [0, 0.1) is 18.3 Å². The Kier molecular flexibility index (Phi) is 7.65. The lowest BCUT2D eigenvalue weighted by molar-refractivity contribution is -0.192. The number of halogens is 3. The van der Waals surface area contributed by atoms with Gasteiger partial charge in [0.1, 0.15) is 0 Å². The molecule has 0 fully saturated rings. The molecular formula is C10H16F3NO2. The van der Waals surface area contributed by atoms with E-state index < -0.39 is 12.1 Å². The molecule has 0 aromatic heterocycles. The standard InChI is InChI=1S/C8H15N.C2HF3O2/c1-6-8(7(2)3)9(4)5;3-2(4,5)1(6)7/h1,7-8H,2-5H3;(H,6,7). The zero-order chi connectivity index (χ0) is 13.5. The molecule has 0 saturated heterocycles. The first-order chi connectivity index (χ1) is 7.03. The monoisotopic (exact) mass is 239 g/mol. The second-order valence-electron chi connectivity index (χ2n) is 3.62. The Morgan fingerprint density at radius 2 is 1.69 bits per heavy atom. The quantitative estimate of drug-likeness (QED) is 0.747. The number of aliphatic carboxylic acids is 1. The molecule has 0 heterocycles. The lowest BCUT2D eigenvalue weighted by Crippen LogP contribution is -2.30. The Balaban J connectivity index is 0. The van der Waals surface area contributed by atoms with Gasteiger partial charge in [-0.05, 0) is 20.0 Å². The van der Waals surface area contributed by atoms with Crippen molar-refractivity contribution in [3.63, 3.8) is 0 Å². The number of terminal acetylenes is 1. The summed E-state index contributed by atoms with van der Waals surface area (Å²) in [4.78, 5) is 11.0. The Labute approximate surface area is 93.2 Å². The summed E-state index contributed by atoms with van der Waals surface area (Å²) in [6.45, 7) is 4.26. The van der Waals surface area contributed by atoms with Crippen molar-refractivity contribution in [1.29, 1.82) is 0 Å². The van der Waals surface area contributed by atoms with E-state index in [1.54, 1.807) is 0 Å². The second kappa shape index (κ2) is 7.12. The van der Waals surface area contributed by atoms with E-state index in [2.05, 4.69) is 24.7 Å². The predicted octanol–water partition coefficient (Wildman–Crippen LogP) is 1.84. The predicted molar refractivity (Wildman–Crippen MR) is 54.8 cm³/mol. The van der Waals surface area contributed by atoms with Gasteiger partial charge in [-0.2, -0.15) is 13.2 Å². The maximum atomic E-state index is 10.6. The fourth-order valence-corrected chi connectivity index (χ4v) is 0.938. The highest BCUT2D eigenvalue weighted by molar-refractivity contribution is 5.73. The minimum atomic E-state index is -5.08. The topological polar surface area (TPSA) is 40.5 Å². The summed E-state index contributed by atoms with van der Waals surface area (Å²) in [5, 5.41) is 7.12. The van der Waals surface area contributed by atoms with E-state index in [-0.39, 0.29) is 6.04 Å². The molecule has 0 radical (unpaired) electrons. The van der Waals surface area contributed by atoms with Crippen molar-refractivity contribution in [2.45, 2.75) is 26.1 Å². The summed E-state index contributed by atoms with van der Waals surface area (Å²) in [7, 11) is 4.01. The zero-order valence-electron chi connectivity index (χ0n) is 9.67. The van der Waals surface area contributed by atoms with Gasteiger partial charge < -0.3 is 5.11 Å². The molecule has 0 rings (SSSR count). The van der Waals surface area contributed by atoms with Crippen LogP contribution in [0.4, 0.5) is 13.2 Å². The number of nitrogens with zero attached hydrogens (tertiary/aromatic N) is 1. The molecule has 1 atom stereocenters. The average Bonchev–Trinajstić information content (AvgIpc) is 2.02. The smallest absolute Gasteiger partial charge is 0.475 e. The fourth-order valence-electron chi connectivity index (χ4n) is 0.938. The zero-order valence-corrected chi connectivity index (χ0v) is 9.67. The van der Waals surface area contributed by atoms with Crippen molar-refractivity contribution in [1.82, 2.24) is 4.90 Å². The van der Waals surface area contributed by atoms with Crippen molar-refractivity contribution in [3.8, 4) is 12.3 Å². The SMILES string of the molecule is C#CC(C(C)C)N(C)C.O=C(O)C(F)(F)F. The molecule has 0 saturated carbocycles. The number of hydrogen-bond donors (Lipinski definition) is 1. The molecule has 1 N–H and O–H groups in total. The maximum absolute atomic E-state index is 10.6. The Morgan fingerprint density at radius 3 is 1.69 bits per heavy atom. The van der Waals surface area contributed by atoms with Gasteiger partial charge in [0.15, 0.2) is 0 Å². The van der Waals surface area contributed by atoms with Crippen molar-refractivity contribution in [2.75, 3.05) is 14.1 Å². The van der Waals surface area contributed by atoms with Crippen LogP contribution in [0.1, 0.15) is 13.8 Å². The molecular weight excluding hydrogens is 223 g/mol. The summed E-state index contributed by atoms with van der Waals surface area (Å²) >= 11 is 0. The average molecular weight is 239 g/mol. The first-order valence-electron chi connectivity index (χ1n) is 4.46. The molecule has 0 spiro atoms. The van der Waals surface area contributed by atoms with Crippen molar-refractivity contribution in [2.24, 2.45) is 5.92 Å². The van der Waals surface area contributed by atoms with Crippen molar-refractivity contribution in [3.05, 3.63) is 0 Å². The Morgan fingerprint density at radius 1 is 1.38 bits per heavy atom. The molecule has 0 aromatic carbocycles. The van der Waals surface area contributed by atoms with Gasteiger partial charge in [0, 0.05) is 0 Å². The van der Waals surface area contributed by atoms with Crippen LogP contribution in [0.3, 0.4) is 0 Å². The summed E-state index contributed by atoms with van der Waals surface area (Å²) in [6.07, 6.45) is 0.200. The number of carbonyl (C=O) groups is 1. The van der Waals surface area contributed by atoms with E-state index >= 15 is 0 Å². The van der Waals surface area contributed by atoms with Gasteiger partial charge in [0.25, 0.3) is 0 Å². The molecule has 16 heavy (non-hydrogen) atoms. The molecule has 0 amide bonds. The minimum Gasteiger partial charge on any atom is -0.475 e. The third-order valence-corrected chi connectivity index (χ3v) is 1.60. The van der Waals surface area contributed by atoms with Crippen LogP contribution in [0.2, 0.25) is 0 Å². The summed E-state index contributed by atoms with van der Waals surface area (Å²) in [5.41, 5.74) is 0. The molecule has 1 unspecified atom stereocenters. The number of rotatable bonds is 2. The normalized spacial score (nSPS) is 12.8. The number of hydrogen-bond acceptors (Lipinski definition) is 2. The number of alkyl halides is 3. The van der Waals surface area contributed by atoms with Gasteiger partial charge >= 0.3 is 12.1 Å². The lowest BCUT2D eigenvalue weighted by Gasteiger charge is -2.21. The van der Waals surface area contributed by atoms with E-state index in [1.165, 1.54) is 0 Å². The first kappa shape index (κ1) is 17.2. The van der Waals surface area contributed by atoms with Crippen molar-refractivity contribution < 1.29 is 23.1 Å². The number of carboxylic acid groups (broad SMARTS) is 1. The lowest BCUT2D eigenvalue weighted by atomic mass is 10.1. The van der Waals surface area contributed by atoms with E-state index in [0.29, 0.717) is 5.92 Å². The van der Waals surface area contributed by atoms with Gasteiger partial charge in [0.2, 0.25) is 0 Å². The highest BCUT2D eigenvalue weighted by Crippen LogP contribution is 2.13. The van der Waals surface area contributed by atoms with Crippen molar-refractivity contribution >= 4 is 5.97 Å². The summed E-state index contributed by atoms with van der Waals surface area (Å²) in [6, 6.07) is 0.282. The minimum absolute atomic E-state index is 0.282. The highest BCUT2D eigenvalue weighted by atomic mass is 19.4. The van der Waals surface area contributed by atoms with Crippen LogP contribution in [-0.4, -0.2) is 42.3 Å². The Hall–Kier alpha value is -1.22. The number of carboxylic acids is 1. The molecule has 0 bridgehead atoms. The van der Waals surface area contributed by atoms with E-state index in [9.17, 15) is 13.2 Å². The molecule has 3 nitrogen and oxygen atoms in total.